The van der Waals surface area contributed by atoms with Crippen molar-refractivity contribution in [1.82, 2.24) is 10.6 Å². The summed E-state index contributed by atoms with van der Waals surface area (Å²) in [4.78, 5) is 15.7. The number of halogens is 1. The number of amides is 1. The van der Waals surface area contributed by atoms with Crippen LogP contribution in [0.15, 0.2) is 17.6 Å². The Bertz CT molecular complexity index is 301. The van der Waals surface area contributed by atoms with E-state index in [4.69, 9.17) is 5.73 Å². The van der Waals surface area contributed by atoms with Crippen LogP contribution in [0.4, 0.5) is 0 Å². The topological polar surface area (TPSA) is 79.5 Å². The van der Waals surface area contributed by atoms with E-state index in [2.05, 4.69) is 22.2 Å². The van der Waals surface area contributed by atoms with E-state index < -0.39 is 0 Å². The van der Waals surface area contributed by atoms with Gasteiger partial charge in [0.1, 0.15) is 0 Å². The Kier molecular flexibility index (Phi) is 10.6. The zero-order chi connectivity index (χ0) is 13.2. The molecule has 19 heavy (non-hydrogen) atoms. The quantitative estimate of drug-likeness (QED) is 0.283. The molecule has 0 aromatic rings. The van der Waals surface area contributed by atoms with Gasteiger partial charge < -0.3 is 16.4 Å². The summed E-state index contributed by atoms with van der Waals surface area (Å²) in [5.74, 6) is 0.433. The summed E-state index contributed by atoms with van der Waals surface area (Å²) < 4.78 is 0. The Balaban J connectivity index is 0.00000324. The summed E-state index contributed by atoms with van der Waals surface area (Å²) in [5.41, 5.74) is 5.59. The van der Waals surface area contributed by atoms with E-state index in [0.29, 0.717) is 31.5 Å². The molecule has 110 valence electrons. The third-order valence-electron chi connectivity index (χ3n) is 3.02. The van der Waals surface area contributed by atoms with Gasteiger partial charge in [0.15, 0.2) is 5.96 Å². The lowest BCUT2D eigenvalue weighted by Gasteiger charge is -2.22. The molecule has 0 heterocycles. The van der Waals surface area contributed by atoms with Crippen LogP contribution in [0.1, 0.15) is 38.5 Å². The van der Waals surface area contributed by atoms with Crippen LogP contribution >= 0.6 is 24.0 Å². The zero-order valence-electron chi connectivity index (χ0n) is 11.4. The fraction of sp³-hybridized carbons (Fsp3) is 0.692. The number of nitrogens with two attached hydrogens (primary N) is 1. The van der Waals surface area contributed by atoms with Crippen molar-refractivity contribution in [1.29, 1.82) is 0 Å². The summed E-state index contributed by atoms with van der Waals surface area (Å²) >= 11 is 0. The highest BCUT2D eigenvalue weighted by molar-refractivity contribution is 14.0. The summed E-state index contributed by atoms with van der Waals surface area (Å²) in [5, 5.41) is 5.92. The summed E-state index contributed by atoms with van der Waals surface area (Å²) in [7, 11) is 0. The number of nitrogens with zero attached hydrogens (tertiary/aromatic N) is 1. The van der Waals surface area contributed by atoms with Gasteiger partial charge in [-0.05, 0) is 12.8 Å². The molecule has 0 aromatic carbocycles. The van der Waals surface area contributed by atoms with Gasteiger partial charge in [-0.1, -0.05) is 25.3 Å². The summed E-state index contributed by atoms with van der Waals surface area (Å²) in [6.45, 7) is 4.58. The number of rotatable bonds is 6. The molecule has 0 spiro atoms. The minimum Gasteiger partial charge on any atom is -0.370 e. The first-order valence-corrected chi connectivity index (χ1v) is 6.66. The Morgan fingerprint density at radius 1 is 1.37 bits per heavy atom. The molecule has 0 radical (unpaired) electrons. The predicted molar refractivity (Wildman–Crippen MR) is 89.7 cm³/mol. The monoisotopic (exact) mass is 380 g/mol. The zero-order valence-corrected chi connectivity index (χ0v) is 13.7. The highest BCUT2D eigenvalue weighted by atomic mass is 127. The number of hydrogen-bond acceptors (Lipinski definition) is 2. The van der Waals surface area contributed by atoms with Crippen molar-refractivity contribution in [2.45, 2.75) is 44.6 Å². The van der Waals surface area contributed by atoms with Crippen LogP contribution < -0.4 is 16.4 Å². The van der Waals surface area contributed by atoms with E-state index in [1.807, 2.05) is 0 Å². The largest absolute Gasteiger partial charge is 0.370 e. The van der Waals surface area contributed by atoms with E-state index in [-0.39, 0.29) is 29.9 Å². The molecular weight excluding hydrogens is 355 g/mol. The molecule has 1 amide bonds. The maximum Gasteiger partial charge on any atom is 0.222 e. The third kappa shape index (κ3) is 8.85. The molecular formula is C13H25IN4O. The van der Waals surface area contributed by atoms with Gasteiger partial charge in [-0.25, -0.2) is 0 Å². The van der Waals surface area contributed by atoms with Crippen molar-refractivity contribution < 1.29 is 4.79 Å². The lowest BCUT2D eigenvalue weighted by atomic mass is 9.95. The first-order valence-electron chi connectivity index (χ1n) is 6.66. The second kappa shape index (κ2) is 11.1. The molecule has 0 saturated heterocycles. The van der Waals surface area contributed by atoms with Crippen molar-refractivity contribution in [3.05, 3.63) is 12.7 Å². The summed E-state index contributed by atoms with van der Waals surface area (Å²) in [6.07, 6.45) is 8.06. The molecule has 0 aromatic heterocycles. The highest BCUT2D eigenvalue weighted by Gasteiger charge is 2.14. The number of aliphatic imine (C=N–C) groups is 1. The maximum atomic E-state index is 11.6. The van der Waals surface area contributed by atoms with Crippen LogP contribution in [-0.4, -0.2) is 31.0 Å². The van der Waals surface area contributed by atoms with E-state index in [9.17, 15) is 4.79 Å². The van der Waals surface area contributed by atoms with Crippen molar-refractivity contribution in [3.63, 3.8) is 0 Å². The summed E-state index contributed by atoms with van der Waals surface area (Å²) in [6, 6.07) is 0.367. The maximum absolute atomic E-state index is 11.6. The molecule has 4 N–H and O–H groups in total. The SMILES string of the molecule is C=CCNC(N)=NCCC(=O)NC1CCCCC1.I. The van der Waals surface area contributed by atoms with E-state index in [1.54, 1.807) is 6.08 Å². The van der Waals surface area contributed by atoms with Gasteiger partial charge in [0.25, 0.3) is 0 Å². The minimum atomic E-state index is 0. The second-order valence-electron chi connectivity index (χ2n) is 4.59. The number of guanidine groups is 1. The molecule has 1 saturated carbocycles. The van der Waals surface area contributed by atoms with Crippen molar-refractivity contribution in [2.24, 2.45) is 10.7 Å². The highest BCUT2D eigenvalue weighted by Crippen LogP contribution is 2.17. The molecule has 0 unspecified atom stereocenters. The molecule has 6 heteroatoms. The standard InChI is InChI=1S/C13H24N4O.HI/c1-2-9-15-13(14)16-10-8-12(18)17-11-6-4-3-5-7-11;/h2,11H,1,3-10H2,(H,17,18)(H3,14,15,16);1H. The van der Waals surface area contributed by atoms with E-state index in [1.165, 1.54) is 19.3 Å². The van der Waals surface area contributed by atoms with Crippen molar-refractivity contribution in [2.75, 3.05) is 13.1 Å². The number of hydrogen-bond donors (Lipinski definition) is 3. The first kappa shape index (κ1) is 18.2. The smallest absolute Gasteiger partial charge is 0.222 e. The van der Waals surface area contributed by atoms with Crippen LogP contribution in [0, 0.1) is 0 Å². The van der Waals surface area contributed by atoms with Gasteiger partial charge in [0.05, 0.1) is 6.54 Å². The van der Waals surface area contributed by atoms with Gasteiger partial charge in [-0.3, -0.25) is 9.79 Å². The number of carbonyl (C=O) groups is 1. The van der Waals surface area contributed by atoms with Gasteiger partial charge in [-0.2, -0.15) is 0 Å². The Labute approximate surface area is 132 Å². The molecule has 0 aliphatic heterocycles. The lowest BCUT2D eigenvalue weighted by Crippen LogP contribution is -2.36. The van der Waals surface area contributed by atoms with Gasteiger partial charge in [0, 0.05) is 19.0 Å². The molecule has 0 bridgehead atoms. The Morgan fingerprint density at radius 3 is 2.68 bits per heavy atom. The minimum absolute atomic E-state index is 0. The molecule has 1 aliphatic rings. The normalized spacial score (nSPS) is 16.3. The van der Waals surface area contributed by atoms with Gasteiger partial charge in [-0.15, -0.1) is 30.6 Å². The average molecular weight is 380 g/mol. The second-order valence-corrected chi connectivity index (χ2v) is 4.59. The average Bonchev–Trinajstić information content (AvgIpc) is 2.37. The molecule has 1 aliphatic carbocycles. The van der Waals surface area contributed by atoms with Gasteiger partial charge in [0.2, 0.25) is 5.91 Å². The molecule has 0 atom stereocenters. The van der Waals surface area contributed by atoms with Crippen LogP contribution in [-0.2, 0) is 4.79 Å². The molecule has 5 nitrogen and oxygen atoms in total. The fourth-order valence-electron chi connectivity index (χ4n) is 2.06. The third-order valence-corrected chi connectivity index (χ3v) is 3.02. The Morgan fingerprint density at radius 2 is 2.05 bits per heavy atom. The van der Waals surface area contributed by atoms with E-state index in [0.717, 1.165) is 12.8 Å². The fourth-order valence-corrected chi connectivity index (χ4v) is 2.06. The van der Waals surface area contributed by atoms with Crippen LogP contribution in [0.2, 0.25) is 0 Å². The van der Waals surface area contributed by atoms with Gasteiger partial charge >= 0.3 is 0 Å². The predicted octanol–water partition coefficient (Wildman–Crippen LogP) is 1.53. The van der Waals surface area contributed by atoms with Crippen molar-refractivity contribution in [3.8, 4) is 0 Å². The van der Waals surface area contributed by atoms with Crippen LogP contribution in [0.25, 0.3) is 0 Å². The molecule has 1 fully saturated rings. The first-order chi connectivity index (χ1) is 8.72. The van der Waals surface area contributed by atoms with Crippen LogP contribution in [0.3, 0.4) is 0 Å². The Hall–Kier alpha value is -0.790. The van der Waals surface area contributed by atoms with Crippen LogP contribution in [0.5, 0.6) is 0 Å². The number of carbonyl (C=O) groups excluding carboxylic acids is 1. The molecule has 1 rings (SSSR count). The van der Waals surface area contributed by atoms with Crippen molar-refractivity contribution >= 4 is 35.8 Å². The number of nitrogens with one attached hydrogen (secondary N) is 2. The lowest BCUT2D eigenvalue weighted by molar-refractivity contribution is -0.121. The van der Waals surface area contributed by atoms with E-state index >= 15 is 0 Å².